The quantitative estimate of drug-likeness (QED) is 0.349. The van der Waals surface area contributed by atoms with Crippen molar-refractivity contribution < 1.29 is 20.4 Å². The van der Waals surface area contributed by atoms with Gasteiger partial charge >= 0.3 is 0 Å². The molecule has 0 amide bonds. The standard InChI is InChI=1S/C30H42O4/c1-17-13-19(29(7)11-9-27(3,4)15-29)23(31)25(33)21(17)22-18(2)14-20(24(32)26(22)34)30(8)12-10-28(5,6)16-30/h13-14,31-34H,9-12,15-16H2,1-8H3/t29-,30-/m0/s1. The number of aryl methyl sites for hydroxylation is 2. The first-order chi connectivity index (χ1) is 15.5. The van der Waals surface area contributed by atoms with Gasteiger partial charge in [0.15, 0.2) is 23.0 Å². The van der Waals surface area contributed by atoms with Crippen molar-refractivity contribution in [3.63, 3.8) is 0 Å². The average Bonchev–Trinajstić information content (AvgIpc) is 3.18. The summed E-state index contributed by atoms with van der Waals surface area (Å²) in [5, 5.41) is 44.7. The van der Waals surface area contributed by atoms with E-state index in [4.69, 9.17) is 0 Å². The Hall–Kier alpha value is -2.36. The molecule has 2 aromatic carbocycles. The van der Waals surface area contributed by atoms with Crippen LogP contribution in [0.3, 0.4) is 0 Å². The summed E-state index contributed by atoms with van der Waals surface area (Å²) in [6, 6.07) is 3.91. The topological polar surface area (TPSA) is 80.9 Å². The molecule has 0 aromatic heterocycles. The van der Waals surface area contributed by atoms with E-state index in [1.165, 1.54) is 0 Å². The van der Waals surface area contributed by atoms with Gasteiger partial charge in [0.2, 0.25) is 0 Å². The van der Waals surface area contributed by atoms with Gasteiger partial charge in [-0.25, -0.2) is 0 Å². The number of rotatable bonds is 3. The highest BCUT2D eigenvalue weighted by Crippen LogP contribution is 2.58. The Labute approximate surface area is 204 Å². The van der Waals surface area contributed by atoms with Crippen molar-refractivity contribution >= 4 is 0 Å². The molecule has 4 heteroatoms. The van der Waals surface area contributed by atoms with Crippen LogP contribution in [0.4, 0.5) is 0 Å². The molecule has 0 spiro atoms. The zero-order valence-corrected chi connectivity index (χ0v) is 22.2. The van der Waals surface area contributed by atoms with Crippen LogP contribution in [0.2, 0.25) is 0 Å². The predicted octanol–water partition coefficient (Wildman–Crippen LogP) is 7.73. The third-order valence-electron chi connectivity index (χ3n) is 8.94. The first-order valence-electron chi connectivity index (χ1n) is 12.6. The van der Waals surface area contributed by atoms with Crippen LogP contribution < -0.4 is 0 Å². The number of hydrogen-bond donors (Lipinski definition) is 4. The lowest BCUT2D eigenvalue weighted by Crippen LogP contribution is -2.21. The summed E-state index contributed by atoms with van der Waals surface area (Å²) in [6.45, 7) is 17.1. The second-order valence-corrected chi connectivity index (χ2v) is 13.4. The molecule has 0 saturated heterocycles. The molecule has 2 fully saturated rings. The van der Waals surface area contributed by atoms with E-state index >= 15 is 0 Å². The van der Waals surface area contributed by atoms with Crippen LogP contribution in [-0.2, 0) is 10.8 Å². The van der Waals surface area contributed by atoms with Gasteiger partial charge in [0.1, 0.15) is 0 Å². The van der Waals surface area contributed by atoms with Crippen molar-refractivity contribution in [1.29, 1.82) is 0 Å². The first-order valence-corrected chi connectivity index (χ1v) is 12.6. The number of phenolic OH excluding ortho intramolecular Hbond substituents is 4. The van der Waals surface area contributed by atoms with E-state index in [1.807, 2.05) is 26.0 Å². The number of aromatic hydroxyl groups is 4. The Morgan fingerprint density at radius 2 is 0.853 bits per heavy atom. The molecule has 2 aliphatic carbocycles. The average molecular weight is 467 g/mol. The van der Waals surface area contributed by atoms with Gasteiger partial charge in [-0.1, -0.05) is 53.7 Å². The highest BCUT2D eigenvalue weighted by molar-refractivity contribution is 5.86. The molecule has 4 N–H and O–H groups in total. The molecule has 0 heterocycles. The van der Waals surface area contributed by atoms with E-state index in [0.717, 1.165) is 60.8 Å². The summed E-state index contributed by atoms with van der Waals surface area (Å²) in [5.74, 6) is -0.681. The Morgan fingerprint density at radius 1 is 0.529 bits per heavy atom. The molecular weight excluding hydrogens is 424 g/mol. The largest absolute Gasteiger partial charge is 0.504 e. The Balaban J connectivity index is 1.85. The summed E-state index contributed by atoms with van der Waals surface area (Å²) < 4.78 is 0. The van der Waals surface area contributed by atoms with Crippen molar-refractivity contribution in [2.24, 2.45) is 10.8 Å². The Bertz CT molecular complexity index is 1070. The second-order valence-electron chi connectivity index (χ2n) is 13.4. The molecule has 2 aliphatic rings. The first kappa shape index (κ1) is 24.8. The van der Waals surface area contributed by atoms with Crippen molar-refractivity contribution in [2.45, 2.75) is 105 Å². The molecule has 0 radical (unpaired) electrons. The van der Waals surface area contributed by atoms with Crippen molar-refractivity contribution in [3.05, 3.63) is 34.4 Å². The van der Waals surface area contributed by atoms with Crippen molar-refractivity contribution in [1.82, 2.24) is 0 Å². The van der Waals surface area contributed by atoms with Crippen LogP contribution in [0.15, 0.2) is 12.1 Å². The molecule has 0 bridgehead atoms. The van der Waals surface area contributed by atoms with Gasteiger partial charge in [0.25, 0.3) is 0 Å². The maximum absolute atomic E-state index is 11.2. The number of phenols is 4. The fourth-order valence-corrected chi connectivity index (χ4v) is 7.29. The number of benzene rings is 2. The van der Waals surface area contributed by atoms with Gasteiger partial charge in [-0.2, -0.15) is 0 Å². The third kappa shape index (κ3) is 3.83. The molecule has 0 aliphatic heterocycles. The summed E-state index contributed by atoms with van der Waals surface area (Å²) in [7, 11) is 0. The summed E-state index contributed by atoms with van der Waals surface area (Å²) in [6.07, 6.45) is 5.88. The molecule has 0 unspecified atom stereocenters. The molecular formula is C30H42O4. The molecule has 2 atom stereocenters. The minimum absolute atomic E-state index is 0.118. The van der Waals surface area contributed by atoms with E-state index < -0.39 is 0 Å². The molecule has 4 rings (SSSR count). The van der Waals surface area contributed by atoms with E-state index in [-0.39, 0.29) is 44.7 Å². The normalized spacial score (nSPS) is 27.9. The van der Waals surface area contributed by atoms with Gasteiger partial charge in [-0.05, 0) is 85.2 Å². The van der Waals surface area contributed by atoms with Gasteiger partial charge in [-0.3, -0.25) is 0 Å². The lowest BCUT2D eigenvalue weighted by molar-refractivity contribution is 0.334. The fourth-order valence-electron chi connectivity index (χ4n) is 7.29. The fraction of sp³-hybridized carbons (Fsp3) is 0.600. The van der Waals surface area contributed by atoms with Gasteiger partial charge in [0, 0.05) is 22.3 Å². The maximum atomic E-state index is 11.2. The minimum atomic E-state index is -0.223. The van der Waals surface area contributed by atoms with Crippen molar-refractivity contribution in [3.8, 4) is 34.1 Å². The van der Waals surface area contributed by atoms with Crippen LogP contribution in [0.25, 0.3) is 11.1 Å². The van der Waals surface area contributed by atoms with Crippen LogP contribution in [0.5, 0.6) is 23.0 Å². The molecule has 2 aromatic rings. The molecule has 186 valence electrons. The van der Waals surface area contributed by atoms with Crippen molar-refractivity contribution in [2.75, 3.05) is 0 Å². The summed E-state index contributed by atoms with van der Waals surface area (Å²) in [5.41, 5.74) is 3.76. The summed E-state index contributed by atoms with van der Waals surface area (Å²) >= 11 is 0. The molecule has 2 saturated carbocycles. The molecule has 4 nitrogen and oxygen atoms in total. The minimum Gasteiger partial charge on any atom is -0.504 e. The maximum Gasteiger partial charge on any atom is 0.166 e. The van der Waals surface area contributed by atoms with Crippen LogP contribution >= 0.6 is 0 Å². The van der Waals surface area contributed by atoms with E-state index in [9.17, 15) is 20.4 Å². The van der Waals surface area contributed by atoms with Gasteiger partial charge in [0.05, 0.1) is 0 Å². The van der Waals surface area contributed by atoms with Crippen LogP contribution in [0.1, 0.15) is 102 Å². The van der Waals surface area contributed by atoms with Crippen LogP contribution in [0, 0.1) is 24.7 Å². The van der Waals surface area contributed by atoms with Gasteiger partial charge < -0.3 is 20.4 Å². The lowest BCUT2D eigenvalue weighted by Gasteiger charge is -2.31. The number of hydrogen-bond acceptors (Lipinski definition) is 4. The van der Waals surface area contributed by atoms with E-state index in [1.54, 1.807) is 0 Å². The predicted molar refractivity (Wildman–Crippen MR) is 138 cm³/mol. The Kier molecular flexibility index (Phi) is 5.51. The summed E-state index contributed by atoms with van der Waals surface area (Å²) in [4.78, 5) is 0. The van der Waals surface area contributed by atoms with E-state index in [2.05, 4.69) is 41.5 Å². The smallest absolute Gasteiger partial charge is 0.166 e. The highest BCUT2D eigenvalue weighted by atomic mass is 16.3. The van der Waals surface area contributed by atoms with E-state index in [0.29, 0.717) is 11.1 Å². The monoisotopic (exact) mass is 466 g/mol. The lowest BCUT2D eigenvalue weighted by atomic mass is 9.74. The molecule has 34 heavy (non-hydrogen) atoms. The zero-order valence-electron chi connectivity index (χ0n) is 22.2. The third-order valence-corrected chi connectivity index (χ3v) is 8.94. The van der Waals surface area contributed by atoms with Gasteiger partial charge in [-0.15, -0.1) is 0 Å². The highest BCUT2D eigenvalue weighted by Gasteiger charge is 2.45. The Morgan fingerprint density at radius 3 is 1.12 bits per heavy atom. The zero-order chi connectivity index (χ0) is 25.4. The SMILES string of the molecule is Cc1cc([C@@]2(C)CCC(C)(C)C2)c(O)c(O)c1-c1c(C)cc([C@@]2(C)CCC(C)(C)C2)c(O)c1O. The second kappa shape index (κ2) is 7.57. The van der Waals surface area contributed by atoms with Crippen LogP contribution in [-0.4, -0.2) is 20.4 Å².